The van der Waals surface area contributed by atoms with Gasteiger partial charge >= 0.3 is 0 Å². The second-order valence-corrected chi connectivity index (χ2v) is 20.6. The second kappa shape index (κ2) is 9.58. The maximum absolute atomic E-state index is 3.36. The van der Waals surface area contributed by atoms with Crippen molar-refractivity contribution in [1.29, 1.82) is 0 Å². The molecule has 3 aromatic rings. The Bertz CT molecular complexity index is 1190. The summed E-state index contributed by atoms with van der Waals surface area (Å²) in [4.78, 5) is 6.73. The summed E-state index contributed by atoms with van der Waals surface area (Å²) in [6, 6.07) is 14.4. The molecule has 8 bridgehead atoms. The van der Waals surface area contributed by atoms with Crippen LogP contribution in [0.3, 0.4) is 0 Å². The average molecular weight is 569 g/mol. The molecule has 8 fully saturated rings. The van der Waals surface area contributed by atoms with Gasteiger partial charge in [0.15, 0.2) is 0 Å². The Balaban J connectivity index is 1.11. The van der Waals surface area contributed by atoms with Gasteiger partial charge in [-0.3, -0.25) is 0 Å². The second-order valence-electron chi connectivity index (χ2n) is 15.4. The van der Waals surface area contributed by atoms with Gasteiger partial charge in [0.2, 0.25) is 0 Å². The molecular formula is C36H46N2P2. The number of aromatic amines is 2. The largest absolute Gasteiger partial charge is 0.367 e. The molecule has 0 saturated heterocycles. The van der Waals surface area contributed by atoms with Gasteiger partial charge in [-0.2, -0.15) is 0 Å². The summed E-state index contributed by atoms with van der Waals surface area (Å²) in [6.45, 7) is 0. The molecule has 2 aromatic heterocycles. The molecule has 2 N–H and O–H groups in total. The number of nitrogens with one attached hydrogen (secondary N) is 2. The minimum atomic E-state index is -0.404. The van der Waals surface area contributed by atoms with Crippen molar-refractivity contribution in [3.05, 3.63) is 72.3 Å². The molecule has 2 nitrogen and oxygen atoms in total. The van der Waals surface area contributed by atoms with Gasteiger partial charge in [-0.1, -0.05) is 32.2 Å². The summed E-state index contributed by atoms with van der Waals surface area (Å²) >= 11 is 0. The number of hydrogen-bond donors (Lipinski definition) is 2. The molecule has 11 rings (SSSR count). The monoisotopic (exact) mass is 568 g/mol. The van der Waals surface area contributed by atoms with Crippen molar-refractivity contribution in [2.45, 2.75) is 99.7 Å². The molecule has 0 amide bonds. The van der Waals surface area contributed by atoms with Crippen LogP contribution in [0.1, 0.15) is 88.2 Å². The summed E-state index contributed by atoms with van der Waals surface area (Å²) in [5.41, 5.74) is 3.39. The van der Waals surface area contributed by atoms with E-state index in [9.17, 15) is 0 Å². The SMILES string of the molecule is c1ccc(CP(C23CC4CC(CC(C4)C2)C3)C23CC4CC(CC(C4)C2)C3)c(CP(c2cc[nH]c2)c2cc[nH]c2)c1. The highest BCUT2D eigenvalue weighted by Gasteiger charge is 2.62. The molecule has 40 heavy (non-hydrogen) atoms. The fourth-order valence-corrected chi connectivity index (χ4v) is 19.6. The summed E-state index contributed by atoms with van der Waals surface area (Å²) in [7, 11) is -0.425. The highest BCUT2D eigenvalue weighted by atomic mass is 31.1. The molecular weight excluding hydrogens is 522 g/mol. The van der Waals surface area contributed by atoms with Gasteiger partial charge < -0.3 is 9.97 Å². The summed E-state index contributed by atoms with van der Waals surface area (Å²) in [6.07, 6.45) is 30.4. The normalized spacial score (nSPS) is 39.8. The van der Waals surface area contributed by atoms with Gasteiger partial charge in [0.1, 0.15) is 0 Å². The van der Waals surface area contributed by atoms with E-state index in [1.165, 1.54) is 22.9 Å². The molecule has 0 radical (unpaired) electrons. The van der Waals surface area contributed by atoms with Crippen molar-refractivity contribution < 1.29 is 0 Å². The van der Waals surface area contributed by atoms with Crippen LogP contribution in [0, 0.1) is 35.5 Å². The lowest BCUT2D eigenvalue weighted by molar-refractivity contribution is 0.0184. The van der Waals surface area contributed by atoms with Crippen LogP contribution in [0.25, 0.3) is 0 Å². The number of aromatic nitrogens is 2. The van der Waals surface area contributed by atoms with Crippen LogP contribution >= 0.6 is 15.8 Å². The van der Waals surface area contributed by atoms with Crippen molar-refractivity contribution >= 4 is 26.5 Å². The molecule has 0 unspecified atom stereocenters. The van der Waals surface area contributed by atoms with Crippen molar-refractivity contribution in [2.24, 2.45) is 35.5 Å². The van der Waals surface area contributed by atoms with E-state index in [-0.39, 0.29) is 7.92 Å². The van der Waals surface area contributed by atoms with E-state index in [1.807, 2.05) is 0 Å². The maximum Gasteiger partial charge on any atom is 0.00860 e. The Morgan fingerprint density at radius 2 is 0.950 bits per heavy atom. The molecule has 0 spiro atoms. The predicted molar refractivity (Wildman–Crippen MR) is 170 cm³/mol. The molecule has 1 aromatic carbocycles. The fraction of sp³-hybridized carbons (Fsp3) is 0.611. The number of benzene rings is 1. The van der Waals surface area contributed by atoms with Crippen LogP contribution in [-0.2, 0) is 12.3 Å². The zero-order chi connectivity index (χ0) is 26.3. The Morgan fingerprint density at radius 3 is 1.32 bits per heavy atom. The quantitative estimate of drug-likeness (QED) is 0.254. The minimum Gasteiger partial charge on any atom is -0.367 e. The Morgan fingerprint density at radius 1 is 0.550 bits per heavy atom. The van der Waals surface area contributed by atoms with Crippen molar-refractivity contribution in [1.82, 2.24) is 9.97 Å². The van der Waals surface area contributed by atoms with E-state index in [2.05, 4.69) is 71.2 Å². The molecule has 0 atom stereocenters. The van der Waals surface area contributed by atoms with E-state index in [0.717, 1.165) is 35.5 Å². The zero-order valence-electron chi connectivity index (χ0n) is 24.0. The first-order valence-electron chi connectivity index (χ1n) is 16.5. The first-order valence-corrected chi connectivity index (χ1v) is 19.6. The minimum absolute atomic E-state index is 0.0215. The Kier molecular flexibility index (Phi) is 6.03. The van der Waals surface area contributed by atoms with E-state index < -0.39 is 7.92 Å². The van der Waals surface area contributed by atoms with Crippen LogP contribution in [0.2, 0.25) is 0 Å². The molecule has 8 aliphatic carbocycles. The maximum atomic E-state index is 3.36. The zero-order valence-corrected chi connectivity index (χ0v) is 25.8. The lowest BCUT2D eigenvalue weighted by atomic mass is 9.55. The number of H-pyrrole nitrogens is 2. The summed E-state index contributed by atoms with van der Waals surface area (Å²) in [5, 5.41) is 4.37. The third-order valence-corrected chi connectivity index (χ3v) is 19.2. The van der Waals surface area contributed by atoms with Gasteiger partial charge in [-0.05, 0) is 171 Å². The van der Waals surface area contributed by atoms with Gasteiger partial charge in [0.25, 0.3) is 0 Å². The van der Waals surface area contributed by atoms with E-state index >= 15 is 0 Å². The smallest absolute Gasteiger partial charge is 0.00860 e. The lowest BCUT2D eigenvalue weighted by Gasteiger charge is -2.67. The fourth-order valence-electron chi connectivity index (χ4n) is 12.1. The average Bonchev–Trinajstić information content (AvgIpc) is 3.65. The van der Waals surface area contributed by atoms with E-state index in [1.54, 1.807) is 88.2 Å². The molecule has 8 saturated carbocycles. The predicted octanol–water partition coefficient (Wildman–Crippen LogP) is 8.90. The molecule has 4 heteroatoms. The van der Waals surface area contributed by atoms with Crippen molar-refractivity contribution in [3.8, 4) is 0 Å². The van der Waals surface area contributed by atoms with Crippen LogP contribution in [0.4, 0.5) is 0 Å². The lowest BCUT2D eigenvalue weighted by Crippen LogP contribution is -2.56. The Labute approximate surface area is 243 Å². The summed E-state index contributed by atoms with van der Waals surface area (Å²) < 4.78 is 0. The third kappa shape index (κ3) is 4.17. The third-order valence-electron chi connectivity index (χ3n) is 12.7. The van der Waals surface area contributed by atoms with Crippen LogP contribution in [0.5, 0.6) is 0 Å². The molecule has 210 valence electrons. The van der Waals surface area contributed by atoms with Gasteiger partial charge in [0, 0.05) is 30.9 Å². The van der Waals surface area contributed by atoms with Crippen LogP contribution in [0.15, 0.2) is 61.2 Å². The first kappa shape index (κ1) is 25.2. The van der Waals surface area contributed by atoms with Gasteiger partial charge in [0.05, 0.1) is 0 Å². The number of rotatable bonds is 8. The van der Waals surface area contributed by atoms with Gasteiger partial charge in [-0.25, -0.2) is 0 Å². The standard InChI is InChI=1S/C36H46N2P2/c1-2-4-32(31(3-1)23-39(33-5-7-37-21-33)34-6-8-38-22-34)24-40(35-15-25-9-26(16-35)11-27(10-25)17-35)36-18-28-12-29(19-36)14-30(13-28)20-36/h1-8,21-22,25-30,37-38H,9-20,23-24H2. The molecule has 2 heterocycles. The van der Waals surface area contributed by atoms with Crippen LogP contribution < -0.4 is 10.6 Å². The number of hydrogen-bond acceptors (Lipinski definition) is 0. The highest BCUT2D eigenvalue weighted by Crippen LogP contribution is 2.79. The molecule has 8 aliphatic rings. The van der Waals surface area contributed by atoms with E-state index in [4.69, 9.17) is 0 Å². The van der Waals surface area contributed by atoms with Gasteiger partial charge in [-0.15, -0.1) is 0 Å². The topological polar surface area (TPSA) is 31.6 Å². The summed E-state index contributed by atoms with van der Waals surface area (Å²) in [5.74, 6) is 6.39. The Hall–Kier alpha value is -1.36. The highest BCUT2D eigenvalue weighted by molar-refractivity contribution is 7.72. The van der Waals surface area contributed by atoms with Crippen LogP contribution in [-0.4, -0.2) is 20.3 Å². The van der Waals surface area contributed by atoms with E-state index in [0.29, 0.717) is 10.3 Å². The first-order chi connectivity index (χ1) is 19.6. The molecule has 0 aliphatic heterocycles. The van der Waals surface area contributed by atoms with Crippen molar-refractivity contribution in [2.75, 3.05) is 0 Å². The van der Waals surface area contributed by atoms with Crippen molar-refractivity contribution in [3.63, 3.8) is 0 Å².